The number of fused-ring (bicyclic) bond motifs is 2. The molecule has 0 radical (unpaired) electrons. The molecule has 3 unspecified atom stereocenters. The topological polar surface area (TPSA) is 30.9 Å². The van der Waals surface area contributed by atoms with E-state index in [1.54, 1.807) is 0 Å². The lowest BCUT2D eigenvalue weighted by atomic mass is 9.82. The minimum atomic E-state index is -0.266. The lowest BCUT2D eigenvalue weighted by Crippen LogP contribution is -2.45. The molecular formula is C21H30BNO3. The summed E-state index contributed by atoms with van der Waals surface area (Å²) in [6.45, 7) is 9.52. The van der Waals surface area contributed by atoms with E-state index in [-0.39, 0.29) is 18.8 Å². The van der Waals surface area contributed by atoms with Gasteiger partial charge in [-0.05, 0) is 51.2 Å². The highest BCUT2D eigenvalue weighted by Crippen LogP contribution is 2.28. The minimum absolute atomic E-state index is 0.131. The van der Waals surface area contributed by atoms with Crippen molar-refractivity contribution >= 4 is 13.2 Å². The second-order valence-electron chi connectivity index (χ2n) is 8.65. The van der Waals surface area contributed by atoms with E-state index in [2.05, 4.69) is 56.0 Å². The molecular weight excluding hydrogens is 325 g/mol. The number of likely N-dealkylation sites (tertiary alicyclic amines) is 1. The van der Waals surface area contributed by atoms with Gasteiger partial charge in [-0.3, -0.25) is 4.90 Å². The van der Waals surface area contributed by atoms with Crippen LogP contribution < -0.4 is 0 Å². The second-order valence-corrected chi connectivity index (χ2v) is 8.65. The van der Waals surface area contributed by atoms with Crippen LogP contribution in [0.15, 0.2) is 30.2 Å². The number of benzene rings is 1. The van der Waals surface area contributed by atoms with Crippen molar-refractivity contribution in [2.24, 2.45) is 0 Å². The summed E-state index contributed by atoms with van der Waals surface area (Å²) >= 11 is 0. The van der Waals surface area contributed by atoms with E-state index in [9.17, 15) is 0 Å². The first-order chi connectivity index (χ1) is 12.4. The predicted molar refractivity (Wildman–Crippen MR) is 105 cm³/mol. The standard InChI is InChI=1S/C21H30BNO3/c1-16-12-21(2,3)26-22(25-16)11-10-17-4-6-18(7-5-17)13-23-14-19-8-9-20(15-23)24-19/h4-7,10-11,16,19-20H,8-9,12-15H2,1-3H3. The summed E-state index contributed by atoms with van der Waals surface area (Å²) in [5.74, 6) is 2.02. The third kappa shape index (κ3) is 4.58. The summed E-state index contributed by atoms with van der Waals surface area (Å²) in [6, 6.07) is 8.81. The molecule has 3 saturated heterocycles. The van der Waals surface area contributed by atoms with Gasteiger partial charge < -0.3 is 14.0 Å². The molecule has 4 rings (SSSR count). The Hall–Kier alpha value is -1.14. The van der Waals surface area contributed by atoms with E-state index in [0.717, 1.165) is 26.1 Å². The third-order valence-electron chi connectivity index (χ3n) is 5.53. The van der Waals surface area contributed by atoms with Crippen LogP contribution in [0.1, 0.15) is 51.2 Å². The fraction of sp³-hybridized carbons (Fsp3) is 0.619. The lowest BCUT2D eigenvalue weighted by Gasteiger charge is -2.37. The summed E-state index contributed by atoms with van der Waals surface area (Å²) in [5.41, 5.74) is 2.41. The van der Waals surface area contributed by atoms with Crippen LogP contribution in [0.5, 0.6) is 0 Å². The quantitative estimate of drug-likeness (QED) is 0.771. The summed E-state index contributed by atoms with van der Waals surface area (Å²) in [7, 11) is -0.266. The van der Waals surface area contributed by atoms with Gasteiger partial charge in [0.1, 0.15) is 0 Å². The van der Waals surface area contributed by atoms with Crippen LogP contribution in [0, 0.1) is 0 Å². The number of rotatable bonds is 4. The van der Waals surface area contributed by atoms with Gasteiger partial charge in [-0.1, -0.05) is 36.3 Å². The zero-order valence-electron chi connectivity index (χ0n) is 16.2. The molecule has 3 aliphatic heterocycles. The van der Waals surface area contributed by atoms with Gasteiger partial charge in [-0.25, -0.2) is 0 Å². The smallest absolute Gasteiger partial charge is 0.405 e. The first kappa shape index (κ1) is 18.2. The van der Waals surface area contributed by atoms with Crippen LogP contribution in [-0.4, -0.2) is 49.0 Å². The van der Waals surface area contributed by atoms with Crippen molar-refractivity contribution in [1.82, 2.24) is 4.90 Å². The number of morpholine rings is 1. The highest BCUT2D eigenvalue weighted by Gasteiger charge is 2.35. The molecule has 5 heteroatoms. The van der Waals surface area contributed by atoms with Crippen LogP contribution in [0.4, 0.5) is 0 Å². The Bertz CT molecular complexity index is 633. The minimum Gasteiger partial charge on any atom is -0.405 e. The Morgan fingerprint density at radius 1 is 1.15 bits per heavy atom. The molecule has 4 nitrogen and oxygen atoms in total. The summed E-state index contributed by atoms with van der Waals surface area (Å²) in [4.78, 5) is 2.53. The van der Waals surface area contributed by atoms with Crippen molar-refractivity contribution in [2.45, 2.75) is 70.5 Å². The molecule has 140 valence electrons. The SMILES string of the molecule is CC1CC(C)(C)OB(C=Cc2ccc(CN3CC4CCC(C3)O4)cc2)O1. The van der Waals surface area contributed by atoms with Crippen LogP contribution in [0.2, 0.25) is 0 Å². The van der Waals surface area contributed by atoms with Gasteiger partial charge in [0.25, 0.3) is 0 Å². The largest absolute Gasteiger partial charge is 0.486 e. The fourth-order valence-electron chi connectivity index (χ4n) is 4.45. The van der Waals surface area contributed by atoms with Gasteiger partial charge in [0.05, 0.1) is 17.8 Å². The predicted octanol–water partition coefficient (Wildman–Crippen LogP) is 3.69. The maximum absolute atomic E-state index is 5.99. The van der Waals surface area contributed by atoms with Crippen molar-refractivity contribution in [1.29, 1.82) is 0 Å². The van der Waals surface area contributed by atoms with E-state index in [1.165, 1.54) is 24.0 Å². The van der Waals surface area contributed by atoms with Crippen LogP contribution in [0.25, 0.3) is 6.08 Å². The van der Waals surface area contributed by atoms with Gasteiger partial charge in [-0.2, -0.15) is 0 Å². The molecule has 1 aromatic carbocycles. The zero-order valence-corrected chi connectivity index (χ0v) is 16.2. The normalized spacial score (nSPS) is 31.7. The lowest BCUT2D eigenvalue weighted by molar-refractivity contribution is -0.0410. The van der Waals surface area contributed by atoms with E-state index in [1.807, 2.05) is 5.98 Å². The average Bonchev–Trinajstić information content (AvgIpc) is 2.91. The molecule has 0 spiro atoms. The van der Waals surface area contributed by atoms with Gasteiger partial charge in [0.15, 0.2) is 0 Å². The van der Waals surface area contributed by atoms with Gasteiger partial charge in [0.2, 0.25) is 0 Å². The van der Waals surface area contributed by atoms with E-state index in [4.69, 9.17) is 14.0 Å². The Kier molecular flexibility index (Phi) is 5.24. The fourth-order valence-corrected chi connectivity index (χ4v) is 4.45. The number of ether oxygens (including phenoxy) is 1. The summed E-state index contributed by atoms with van der Waals surface area (Å²) < 4.78 is 17.8. The Balaban J connectivity index is 1.33. The molecule has 1 aromatic rings. The van der Waals surface area contributed by atoms with Crippen LogP contribution in [0.3, 0.4) is 0 Å². The zero-order chi connectivity index (χ0) is 18.1. The molecule has 0 saturated carbocycles. The summed E-state index contributed by atoms with van der Waals surface area (Å²) in [6.07, 6.45) is 6.61. The van der Waals surface area contributed by atoms with E-state index in [0.29, 0.717) is 12.2 Å². The molecule has 26 heavy (non-hydrogen) atoms. The third-order valence-corrected chi connectivity index (χ3v) is 5.53. The number of nitrogens with zero attached hydrogens (tertiary/aromatic N) is 1. The van der Waals surface area contributed by atoms with Crippen molar-refractivity contribution in [2.75, 3.05) is 13.1 Å². The van der Waals surface area contributed by atoms with Crippen LogP contribution in [-0.2, 0) is 20.6 Å². The molecule has 0 aromatic heterocycles. The highest BCUT2D eigenvalue weighted by molar-refractivity contribution is 6.52. The molecule has 0 N–H and O–H groups in total. The molecule has 0 aliphatic carbocycles. The summed E-state index contributed by atoms with van der Waals surface area (Å²) in [5, 5.41) is 0. The second kappa shape index (κ2) is 7.47. The van der Waals surface area contributed by atoms with Gasteiger partial charge >= 0.3 is 7.12 Å². The van der Waals surface area contributed by atoms with E-state index >= 15 is 0 Å². The van der Waals surface area contributed by atoms with E-state index < -0.39 is 0 Å². The molecule has 3 heterocycles. The first-order valence-corrected chi connectivity index (χ1v) is 9.93. The maximum Gasteiger partial charge on any atom is 0.486 e. The first-order valence-electron chi connectivity index (χ1n) is 9.93. The van der Waals surface area contributed by atoms with Gasteiger partial charge in [-0.15, -0.1) is 0 Å². The molecule has 3 atom stereocenters. The number of hydrogen-bond donors (Lipinski definition) is 0. The number of hydrogen-bond acceptors (Lipinski definition) is 4. The maximum atomic E-state index is 5.99. The monoisotopic (exact) mass is 355 g/mol. The molecule has 2 bridgehead atoms. The molecule has 0 amide bonds. The molecule has 3 fully saturated rings. The van der Waals surface area contributed by atoms with Crippen molar-refractivity contribution in [3.8, 4) is 0 Å². The highest BCUT2D eigenvalue weighted by atomic mass is 16.6. The van der Waals surface area contributed by atoms with Gasteiger partial charge in [0, 0.05) is 25.7 Å². The Morgan fingerprint density at radius 2 is 1.85 bits per heavy atom. The average molecular weight is 355 g/mol. The van der Waals surface area contributed by atoms with Crippen molar-refractivity contribution in [3.05, 3.63) is 41.4 Å². The van der Waals surface area contributed by atoms with Crippen molar-refractivity contribution < 1.29 is 14.0 Å². The molecule has 3 aliphatic rings. The Labute approximate surface area is 157 Å². The van der Waals surface area contributed by atoms with Crippen molar-refractivity contribution in [3.63, 3.8) is 0 Å². The Morgan fingerprint density at radius 3 is 2.50 bits per heavy atom. The van der Waals surface area contributed by atoms with Crippen LogP contribution >= 0.6 is 0 Å².